The van der Waals surface area contributed by atoms with Gasteiger partial charge >= 0.3 is 12.1 Å². The number of amides is 3. The number of hydrogen-bond acceptors (Lipinski definition) is 7. The van der Waals surface area contributed by atoms with Crippen molar-refractivity contribution in [2.75, 3.05) is 39.2 Å². The van der Waals surface area contributed by atoms with Gasteiger partial charge in [-0.3, -0.25) is 14.4 Å². The van der Waals surface area contributed by atoms with Crippen molar-refractivity contribution in [2.45, 2.75) is 36.0 Å². The van der Waals surface area contributed by atoms with Crippen molar-refractivity contribution in [3.63, 3.8) is 0 Å². The maximum atomic E-state index is 13.4. The molecule has 3 aliphatic rings. The highest BCUT2D eigenvalue weighted by molar-refractivity contribution is 7.91. The number of fused-ring (bicyclic) bond motifs is 2. The molecule has 0 saturated carbocycles. The highest BCUT2D eigenvalue weighted by atomic mass is 35.5. The van der Waals surface area contributed by atoms with E-state index in [0.717, 1.165) is 0 Å². The molecule has 0 aromatic heterocycles. The molecule has 1 N–H and O–H groups in total. The summed E-state index contributed by atoms with van der Waals surface area (Å²) in [6.45, 7) is 1.14. The summed E-state index contributed by atoms with van der Waals surface area (Å²) in [7, 11) is -2.45. The molecule has 5 rings (SSSR count). The van der Waals surface area contributed by atoms with Gasteiger partial charge in [-0.05, 0) is 47.9 Å². The summed E-state index contributed by atoms with van der Waals surface area (Å²) in [5, 5.41) is 3.21. The molecule has 41 heavy (non-hydrogen) atoms. The largest absolute Gasteiger partial charge is 0.471 e. The highest BCUT2D eigenvalue weighted by Gasteiger charge is 2.44. The number of benzene rings is 2. The number of halogens is 4. The van der Waals surface area contributed by atoms with Gasteiger partial charge in [-0.25, -0.2) is 8.42 Å². The normalized spacial score (nSPS) is 19.0. The zero-order valence-electron chi connectivity index (χ0n) is 21.9. The van der Waals surface area contributed by atoms with Crippen LogP contribution in [0.25, 0.3) is 10.8 Å². The standard InChI is InChI=1S/C26H27ClF3N5O5S/c1-32-12-22-24(37)35(15-34(22)14-32)19-6-8-33(9-7-19)23(36)21(31-25(38)26(28,29)30)13-41(39,40)20-5-3-16-10-18(27)4-2-17(16)11-20/h2-5,10-12,19,21H,6-9,13-15H2,1H3,(H,31,38)/t21-/m1/s1. The average Bonchev–Trinajstić information content (AvgIpc) is 3.43. The Hall–Kier alpha value is -3.52. The van der Waals surface area contributed by atoms with Crippen LogP contribution in [0.3, 0.4) is 0 Å². The molecule has 3 amide bonds. The second-order valence-corrected chi connectivity index (χ2v) is 12.9. The first-order valence-electron chi connectivity index (χ1n) is 12.8. The zero-order chi connectivity index (χ0) is 29.7. The molecule has 15 heteroatoms. The predicted molar refractivity (Wildman–Crippen MR) is 143 cm³/mol. The van der Waals surface area contributed by atoms with Crippen LogP contribution in [0.2, 0.25) is 5.02 Å². The van der Waals surface area contributed by atoms with Crippen LogP contribution in [0.1, 0.15) is 12.8 Å². The third-order valence-corrected chi connectivity index (χ3v) is 9.46. The molecule has 2 saturated heterocycles. The summed E-state index contributed by atoms with van der Waals surface area (Å²) in [5.74, 6) is -4.53. The fourth-order valence-corrected chi connectivity index (χ4v) is 7.02. The minimum atomic E-state index is -5.32. The Labute approximate surface area is 239 Å². The first kappa shape index (κ1) is 29.0. The summed E-state index contributed by atoms with van der Waals surface area (Å²) in [6, 6.07) is 6.74. The van der Waals surface area contributed by atoms with Crippen LogP contribution in [0, 0.1) is 0 Å². The number of piperidine rings is 1. The smallest absolute Gasteiger partial charge is 0.361 e. The Kier molecular flexibility index (Phi) is 7.57. The molecule has 0 radical (unpaired) electrons. The predicted octanol–water partition coefficient (Wildman–Crippen LogP) is 2.15. The quantitative estimate of drug-likeness (QED) is 0.532. The molecule has 0 bridgehead atoms. The van der Waals surface area contributed by atoms with Gasteiger partial charge in [0, 0.05) is 37.4 Å². The SMILES string of the molecule is CN1C=C2C(=O)N(C3CCN(C(=O)[C@@H](CS(=O)(=O)c4ccc5cc(Cl)ccc5c4)NC(=O)C(F)(F)F)CC3)CN2C1. The van der Waals surface area contributed by atoms with Gasteiger partial charge in [-0.15, -0.1) is 0 Å². The van der Waals surface area contributed by atoms with Gasteiger partial charge in [0.25, 0.3) is 5.91 Å². The number of carbonyl (C=O) groups is 3. The number of alkyl halides is 3. The average molecular weight is 614 g/mol. The maximum absolute atomic E-state index is 13.4. The molecule has 0 unspecified atom stereocenters. The lowest BCUT2D eigenvalue weighted by Gasteiger charge is -2.38. The van der Waals surface area contributed by atoms with Crippen molar-refractivity contribution < 1.29 is 36.0 Å². The zero-order valence-corrected chi connectivity index (χ0v) is 23.5. The van der Waals surface area contributed by atoms with E-state index in [4.69, 9.17) is 11.6 Å². The second kappa shape index (κ2) is 10.7. The summed E-state index contributed by atoms with van der Waals surface area (Å²) in [5.41, 5.74) is 0.586. The molecule has 0 spiro atoms. The lowest BCUT2D eigenvalue weighted by Crippen LogP contribution is -2.57. The molecule has 0 aliphatic carbocycles. The minimum Gasteiger partial charge on any atom is -0.361 e. The number of likely N-dealkylation sites (tertiary alicyclic amines) is 1. The fraction of sp³-hybridized carbons (Fsp3) is 0.423. The van der Waals surface area contributed by atoms with Gasteiger partial charge in [0.1, 0.15) is 11.7 Å². The van der Waals surface area contributed by atoms with Crippen molar-refractivity contribution in [1.29, 1.82) is 0 Å². The topological polar surface area (TPSA) is 110 Å². The molecule has 2 aromatic rings. The van der Waals surface area contributed by atoms with Crippen LogP contribution in [0.4, 0.5) is 13.2 Å². The van der Waals surface area contributed by atoms with E-state index in [1.807, 2.05) is 16.8 Å². The van der Waals surface area contributed by atoms with Crippen molar-refractivity contribution in [3.8, 4) is 0 Å². The minimum absolute atomic E-state index is 0.0847. The van der Waals surface area contributed by atoms with E-state index in [2.05, 4.69) is 0 Å². The maximum Gasteiger partial charge on any atom is 0.471 e. The molecule has 3 heterocycles. The number of sulfone groups is 1. The third kappa shape index (κ3) is 5.94. The lowest BCUT2D eigenvalue weighted by atomic mass is 10.0. The monoisotopic (exact) mass is 613 g/mol. The van der Waals surface area contributed by atoms with Crippen molar-refractivity contribution in [3.05, 3.63) is 53.3 Å². The molecule has 2 aromatic carbocycles. The van der Waals surface area contributed by atoms with E-state index in [-0.39, 0.29) is 29.9 Å². The Morgan fingerprint density at radius 3 is 2.39 bits per heavy atom. The Bertz CT molecular complexity index is 1540. The first-order valence-corrected chi connectivity index (χ1v) is 14.8. The van der Waals surface area contributed by atoms with E-state index in [0.29, 0.717) is 47.7 Å². The molecular weight excluding hydrogens is 587 g/mol. The second-order valence-electron chi connectivity index (χ2n) is 10.4. The van der Waals surface area contributed by atoms with Crippen molar-refractivity contribution in [1.82, 2.24) is 24.9 Å². The number of rotatable bonds is 6. The number of hydrogen-bond donors (Lipinski definition) is 1. The van der Waals surface area contributed by atoms with Crippen LogP contribution < -0.4 is 5.32 Å². The molecule has 2 fully saturated rings. The number of carbonyl (C=O) groups excluding carboxylic acids is 3. The first-order chi connectivity index (χ1) is 19.2. The van der Waals surface area contributed by atoms with E-state index in [1.165, 1.54) is 23.1 Å². The Morgan fingerprint density at radius 1 is 1.07 bits per heavy atom. The van der Waals surface area contributed by atoms with Crippen LogP contribution in [0.5, 0.6) is 0 Å². The van der Waals surface area contributed by atoms with E-state index in [1.54, 1.807) is 34.6 Å². The van der Waals surface area contributed by atoms with Crippen LogP contribution >= 0.6 is 11.6 Å². The van der Waals surface area contributed by atoms with Crippen LogP contribution in [0.15, 0.2) is 53.2 Å². The van der Waals surface area contributed by atoms with Gasteiger partial charge in [0.15, 0.2) is 9.84 Å². The van der Waals surface area contributed by atoms with E-state index >= 15 is 0 Å². The van der Waals surface area contributed by atoms with Gasteiger partial charge in [0.05, 0.1) is 24.0 Å². The van der Waals surface area contributed by atoms with Crippen molar-refractivity contribution in [2.24, 2.45) is 0 Å². The number of nitrogens with one attached hydrogen (secondary N) is 1. The third-order valence-electron chi connectivity index (χ3n) is 7.48. The van der Waals surface area contributed by atoms with Gasteiger partial charge in [0.2, 0.25) is 5.91 Å². The molecule has 1 atom stereocenters. The van der Waals surface area contributed by atoms with Crippen LogP contribution in [-0.2, 0) is 24.2 Å². The molecule has 10 nitrogen and oxygen atoms in total. The van der Waals surface area contributed by atoms with E-state index < -0.39 is 39.6 Å². The van der Waals surface area contributed by atoms with Gasteiger partial charge in [-0.2, -0.15) is 13.2 Å². The Balaban J connectivity index is 1.31. The van der Waals surface area contributed by atoms with Crippen LogP contribution in [-0.4, -0.2) is 103 Å². The summed E-state index contributed by atoms with van der Waals surface area (Å²) < 4.78 is 65.9. The van der Waals surface area contributed by atoms with E-state index in [9.17, 15) is 36.0 Å². The summed E-state index contributed by atoms with van der Waals surface area (Å²) in [4.78, 5) is 44.6. The Morgan fingerprint density at radius 2 is 1.73 bits per heavy atom. The van der Waals surface area contributed by atoms with Gasteiger partial charge in [-0.1, -0.05) is 23.7 Å². The van der Waals surface area contributed by atoms with Gasteiger partial charge < -0.3 is 24.9 Å². The fourth-order valence-electron chi connectivity index (χ4n) is 5.40. The molecule has 3 aliphatic heterocycles. The highest BCUT2D eigenvalue weighted by Crippen LogP contribution is 2.30. The summed E-state index contributed by atoms with van der Waals surface area (Å²) >= 11 is 5.97. The lowest BCUT2D eigenvalue weighted by molar-refractivity contribution is -0.175. The summed E-state index contributed by atoms with van der Waals surface area (Å²) in [6.07, 6.45) is -2.84. The molecule has 220 valence electrons. The van der Waals surface area contributed by atoms with Crippen molar-refractivity contribution >= 4 is 49.9 Å². The number of nitrogens with zero attached hydrogens (tertiary/aromatic N) is 4. The molecular formula is C26H27ClF3N5O5S.